The van der Waals surface area contributed by atoms with Gasteiger partial charge in [0.05, 0.1) is 29.8 Å². The Morgan fingerprint density at radius 2 is 1.86 bits per heavy atom. The quantitative estimate of drug-likeness (QED) is 0.526. The van der Waals surface area contributed by atoms with E-state index in [1.54, 1.807) is 12.1 Å². The van der Waals surface area contributed by atoms with Crippen LogP contribution in [0.4, 0.5) is 4.39 Å². The van der Waals surface area contributed by atoms with Gasteiger partial charge in [0.1, 0.15) is 5.82 Å². The number of nitrogens with one attached hydrogen (secondary N) is 1. The molecule has 2 heterocycles. The number of halogens is 1. The Labute approximate surface area is 209 Å². The van der Waals surface area contributed by atoms with Gasteiger partial charge >= 0.3 is 5.97 Å². The minimum absolute atomic E-state index is 0.112. The minimum atomic E-state index is -0.457. The van der Waals surface area contributed by atoms with Crippen molar-refractivity contribution in [1.29, 1.82) is 0 Å². The third-order valence-corrected chi connectivity index (χ3v) is 6.68. The highest BCUT2D eigenvalue weighted by Crippen LogP contribution is 2.45. The number of hydrogen-bond donors (Lipinski definition) is 1. The van der Waals surface area contributed by atoms with Gasteiger partial charge in [-0.2, -0.15) is 0 Å². The van der Waals surface area contributed by atoms with Crippen LogP contribution in [-0.4, -0.2) is 28.0 Å². The molecule has 0 radical (unpaired) electrons. The van der Waals surface area contributed by atoms with E-state index >= 15 is 0 Å². The Morgan fingerprint density at radius 1 is 1.14 bits per heavy atom. The van der Waals surface area contributed by atoms with Crippen molar-refractivity contribution in [3.05, 3.63) is 93.4 Å². The lowest BCUT2D eigenvalue weighted by Crippen LogP contribution is -2.38. The van der Waals surface area contributed by atoms with Crippen LogP contribution in [0.15, 0.2) is 75.9 Å². The number of carbonyl (C=O) groups is 2. The molecule has 1 unspecified atom stereocenters. The maximum absolute atomic E-state index is 13.2. The van der Waals surface area contributed by atoms with Gasteiger partial charge in [0, 0.05) is 12.2 Å². The number of thioether (sulfide) groups is 1. The van der Waals surface area contributed by atoms with E-state index in [1.165, 1.54) is 23.9 Å². The number of amidine groups is 1. The number of allylic oxidation sites excluding steroid dienone is 1. The molecule has 0 saturated carbocycles. The van der Waals surface area contributed by atoms with Gasteiger partial charge in [-0.1, -0.05) is 48.2 Å². The van der Waals surface area contributed by atoms with E-state index in [2.05, 4.69) is 10.3 Å². The van der Waals surface area contributed by atoms with E-state index < -0.39 is 12.0 Å². The lowest BCUT2D eigenvalue weighted by molar-refractivity contribution is -0.143. The SMILES string of the molecule is CC1=C(C(=O)OC(C)C)C(c2ccccc2C)N2C(CC(=O)NCc3ccc(F)cc3)=CSC2=N1. The number of amides is 1. The highest BCUT2D eigenvalue weighted by molar-refractivity contribution is 8.16. The summed E-state index contributed by atoms with van der Waals surface area (Å²) >= 11 is 1.43. The standard InChI is InChI=1S/C27H28FN3O3S/c1-16(2)34-26(33)24-18(4)30-27-31(25(24)22-8-6-5-7-17(22)3)21(15-35-27)13-23(32)29-14-19-9-11-20(28)12-10-19/h5-12,15-16,25H,13-14H2,1-4H3,(H,29,32). The Bertz CT molecular complexity index is 1230. The van der Waals surface area contributed by atoms with Crippen LogP contribution in [0, 0.1) is 12.7 Å². The summed E-state index contributed by atoms with van der Waals surface area (Å²) in [6.07, 6.45) is -0.160. The predicted octanol–water partition coefficient (Wildman–Crippen LogP) is 5.37. The molecule has 0 saturated heterocycles. The Hall–Kier alpha value is -3.39. The summed E-state index contributed by atoms with van der Waals surface area (Å²) in [6, 6.07) is 13.5. The van der Waals surface area contributed by atoms with Crippen molar-refractivity contribution in [2.24, 2.45) is 4.99 Å². The number of fused-ring (bicyclic) bond motifs is 1. The molecule has 1 amide bonds. The fraction of sp³-hybridized carbons (Fsp3) is 0.296. The number of hydrogen-bond acceptors (Lipinski definition) is 6. The molecule has 2 aliphatic rings. The Balaban J connectivity index is 1.61. The van der Waals surface area contributed by atoms with E-state index in [4.69, 9.17) is 4.74 Å². The summed E-state index contributed by atoms with van der Waals surface area (Å²) in [5, 5.41) is 5.52. The summed E-state index contributed by atoms with van der Waals surface area (Å²) in [6.45, 7) is 7.75. The zero-order valence-electron chi connectivity index (χ0n) is 20.2. The van der Waals surface area contributed by atoms with Crippen LogP contribution in [0.2, 0.25) is 0 Å². The van der Waals surface area contributed by atoms with Crippen molar-refractivity contribution in [2.45, 2.75) is 52.8 Å². The van der Waals surface area contributed by atoms with E-state index in [-0.39, 0.29) is 24.2 Å². The minimum Gasteiger partial charge on any atom is -0.459 e. The topological polar surface area (TPSA) is 71.0 Å². The molecular weight excluding hydrogens is 465 g/mol. The average Bonchev–Trinajstić information content (AvgIpc) is 3.19. The molecule has 6 nitrogen and oxygen atoms in total. The fourth-order valence-corrected chi connectivity index (χ4v) is 5.09. The number of benzene rings is 2. The van der Waals surface area contributed by atoms with Gasteiger partial charge in [-0.05, 0) is 61.9 Å². The normalized spacial score (nSPS) is 17.2. The Kier molecular flexibility index (Phi) is 7.40. The number of esters is 1. The van der Waals surface area contributed by atoms with Crippen LogP contribution in [0.5, 0.6) is 0 Å². The molecule has 35 heavy (non-hydrogen) atoms. The predicted molar refractivity (Wildman–Crippen MR) is 136 cm³/mol. The first kappa shape index (κ1) is 24.7. The highest BCUT2D eigenvalue weighted by Gasteiger charge is 2.41. The molecular formula is C27H28FN3O3S. The largest absolute Gasteiger partial charge is 0.459 e. The van der Waals surface area contributed by atoms with E-state index in [9.17, 15) is 14.0 Å². The zero-order chi connectivity index (χ0) is 25.1. The lowest BCUT2D eigenvalue weighted by Gasteiger charge is -2.37. The first-order chi connectivity index (χ1) is 16.7. The van der Waals surface area contributed by atoms with Gasteiger partial charge in [-0.3, -0.25) is 4.79 Å². The van der Waals surface area contributed by atoms with Crippen molar-refractivity contribution >= 4 is 28.8 Å². The van der Waals surface area contributed by atoms with Crippen LogP contribution in [0.1, 0.15) is 49.9 Å². The van der Waals surface area contributed by atoms with Crippen molar-refractivity contribution < 1.29 is 18.7 Å². The molecule has 0 bridgehead atoms. The van der Waals surface area contributed by atoms with Crippen LogP contribution in [0.3, 0.4) is 0 Å². The van der Waals surface area contributed by atoms with Gasteiger partial charge in [-0.15, -0.1) is 0 Å². The van der Waals surface area contributed by atoms with Crippen molar-refractivity contribution in [3.8, 4) is 0 Å². The molecule has 0 spiro atoms. The number of rotatable bonds is 7. The summed E-state index contributed by atoms with van der Waals surface area (Å²) in [4.78, 5) is 32.7. The van der Waals surface area contributed by atoms with Crippen LogP contribution in [0.25, 0.3) is 0 Å². The third-order valence-electron chi connectivity index (χ3n) is 5.79. The molecule has 8 heteroatoms. The second-order valence-corrected chi connectivity index (χ2v) is 9.62. The molecule has 2 aliphatic heterocycles. The van der Waals surface area contributed by atoms with Gasteiger partial charge in [0.2, 0.25) is 5.91 Å². The monoisotopic (exact) mass is 493 g/mol. The number of nitrogens with zero attached hydrogens (tertiary/aromatic N) is 2. The molecule has 182 valence electrons. The molecule has 0 aliphatic carbocycles. The lowest BCUT2D eigenvalue weighted by atomic mass is 9.91. The number of aliphatic imine (C=N–C) groups is 1. The summed E-state index contributed by atoms with van der Waals surface area (Å²) in [7, 11) is 0. The van der Waals surface area contributed by atoms with Gasteiger partial charge < -0.3 is 15.0 Å². The van der Waals surface area contributed by atoms with E-state index in [0.717, 1.165) is 27.6 Å². The van der Waals surface area contributed by atoms with Crippen molar-refractivity contribution in [2.75, 3.05) is 0 Å². The van der Waals surface area contributed by atoms with Crippen LogP contribution in [-0.2, 0) is 20.9 Å². The Morgan fingerprint density at radius 3 is 2.54 bits per heavy atom. The number of aryl methyl sites for hydroxylation is 1. The molecule has 2 aromatic rings. The number of ether oxygens (including phenoxy) is 1. The summed E-state index contributed by atoms with van der Waals surface area (Å²) in [5.41, 5.74) is 4.62. The van der Waals surface area contributed by atoms with Crippen LogP contribution < -0.4 is 5.32 Å². The molecule has 1 atom stereocenters. The third kappa shape index (κ3) is 5.48. The first-order valence-electron chi connectivity index (χ1n) is 11.5. The maximum Gasteiger partial charge on any atom is 0.338 e. The molecule has 0 fully saturated rings. The molecule has 1 N–H and O–H groups in total. The van der Waals surface area contributed by atoms with Gasteiger partial charge in [-0.25, -0.2) is 14.2 Å². The second-order valence-electron chi connectivity index (χ2n) is 8.78. The first-order valence-corrected chi connectivity index (χ1v) is 12.3. The van der Waals surface area contributed by atoms with Crippen molar-refractivity contribution in [1.82, 2.24) is 10.2 Å². The number of carbonyl (C=O) groups excluding carboxylic acids is 2. The van der Waals surface area contributed by atoms with Crippen LogP contribution >= 0.6 is 11.8 Å². The van der Waals surface area contributed by atoms with Gasteiger partial charge in [0.15, 0.2) is 5.17 Å². The molecule has 2 aromatic carbocycles. The van der Waals surface area contributed by atoms with E-state index in [1.807, 2.05) is 62.3 Å². The average molecular weight is 494 g/mol. The molecule has 0 aromatic heterocycles. The van der Waals surface area contributed by atoms with E-state index in [0.29, 0.717) is 17.8 Å². The smallest absolute Gasteiger partial charge is 0.338 e. The van der Waals surface area contributed by atoms with Gasteiger partial charge in [0.25, 0.3) is 0 Å². The maximum atomic E-state index is 13.2. The van der Waals surface area contributed by atoms with Crippen molar-refractivity contribution in [3.63, 3.8) is 0 Å². The zero-order valence-corrected chi connectivity index (χ0v) is 21.0. The fourth-order valence-electron chi connectivity index (χ4n) is 4.13. The highest BCUT2D eigenvalue weighted by atomic mass is 32.2. The summed E-state index contributed by atoms with van der Waals surface area (Å²) in [5.74, 6) is -0.906. The second kappa shape index (κ2) is 10.5. The summed E-state index contributed by atoms with van der Waals surface area (Å²) < 4.78 is 18.7. The molecule has 4 rings (SSSR count).